The highest BCUT2D eigenvalue weighted by molar-refractivity contribution is 6.35. The zero-order chi connectivity index (χ0) is 12.7. The molecule has 2 aromatic rings. The second kappa shape index (κ2) is 4.49. The molecule has 1 aliphatic heterocycles. The zero-order valence-corrected chi connectivity index (χ0v) is 11.1. The van der Waals surface area contributed by atoms with E-state index in [4.69, 9.17) is 27.9 Å². The third-order valence-electron chi connectivity index (χ3n) is 3.05. The van der Waals surface area contributed by atoms with Crippen LogP contribution in [-0.2, 0) is 6.42 Å². The van der Waals surface area contributed by atoms with Crippen LogP contribution in [0.1, 0.15) is 5.56 Å². The maximum absolute atomic E-state index is 6.24. The topological polar surface area (TPSA) is 9.23 Å². The first kappa shape index (κ1) is 11.9. The summed E-state index contributed by atoms with van der Waals surface area (Å²) in [6.45, 7) is 3.95. The second-order valence-corrected chi connectivity index (χ2v) is 5.21. The van der Waals surface area contributed by atoms with Crippen LogP contribution in [0.15, 0.2) is 36.4 Å². The molecule has 0 saturated heterocycles. The summed E-state index contributed by atoms with van der Waals surface area (Å²) in [7, 11) is 0. The van der Waals surface area contributed by atoms with E-state index in [9.17, 15) is 0 Å². The van der Waals surface area contributed by atoms with Crippen LogP contribution in [0.2, 0.25) is 10.0 Å². The van der Waals surface area contributed by atoms with Crippen LogP contribution in [-0.4, -0.2) is 6.10 Å². The second-order valence-electron chi connectivity index (χ2n) is 4.36. The normalized spacial score (nSPS) is 17.4. The van der Waals surface area contributed by atoms with Gasteiger partial charge in [-0.2, -0.15) is 0 Å². The maximum atomic E-state index is 6.24. The fourth-order valence-electron chi connectivity index (χ4n) is 2.25. The van der Waals surface area contributed by atoms with Crippen LogP contribution >= 0.6 is 23.2 Å². The first-order valence-corrected chi connectivity index (χ1v) is 6.48. The van der Waals surface area contributed by atoms with Crippen LogP contribution < -0.4 is 4.74 Å². The van der Waals surface area contributed by atoms with Crippen molar-refractivity contribution in [2.24, 2.45) is 0 Å². The molecule has 1 unspecified atom stereocenters. The lowest BCUT2D eigenvalue weighted by molar-refractivity contribution is 0.282. The molecule has 0 N–H and O–H groups in total. The highest BCUT2D eigenvalue weighted by atomic mass is 35.5. The lowest BCUT2D eigenvalue weighted by Gasteiger charge is -2.11. The van der Waals surface area contributed by atoms with E-state index in [-0.39, 0.29) is 6.10 Å². The molecular weight excluding hydrogens is 267 g/mol. The smallest absolute Gasteiger partial charge is 0.130 e. The quantitative estimate of drug-likeness (QED) is 0.728. The van der Waals surface area contributed by atoms with Crippen molar-refractivity contribution >= 4 is 23.2 Å². The van der Waals surface area contributed by atoms with Gasteiger partial charge >= 0.3 is 0 Å². The Hall–Kier alpha value is -1.18. The third-order valence-corrected chi connectivity index (χ3v) is 3.61. The van der Waals surface area contributed by atoms with E-state index in [1.54, 1.807) is 12.1 Å². The Bertz CT molecular complexity index is 607. The van der Waals surface area contributed by atoms with Gasteiger partial charge in [0, 0.05) is 27.6 Å². The van der Waals surface area contributed by atoms with Crippen molar-refractivity contribution in [3.8, 4) is 16.9 Å². The lowest BCUT2D eigenvalue weighted by atomic mass is 10.0. The van der Waals surface area contributed by atoms with Gasteiger partial charge in [-0.25, -0.2) is 0 Å². The van der Waals surface area contributed by atoms with Crippen molar-refractivity contribution in [2.75, 3.05) is 0 Å². The van der Waals surface area contributed by atoms with Gasteiger partial charge in [0.2, 0.25) is 0 Å². The summed E-state index contributed by atoms with van der Waals surface area (Å²) in [6, 6.07) is 11.5. The summed E-state index contributed by atoms with van der Waals surface area (Å²) in [5, 5.41) is 1.33. The summed E-state index contributed by atoms with van der Waals surface area (Å²) in [4.78, 5) is 0. The molecule has 0 spiro atoms. The molecule has 1 radical (unpaired) electrons. The van der Waals surface area contributed by atoms with Crippen molar-refractivity contribution in [3.63, 3.8) is 0 Å². The first-order chi connectivity index (χ1) is 8.65. The van der Waals surface area contributed by atoms with Crippen LogP contribution in [0.25, 0.3) is 11.1 Å². The van der Waals surface area contributed by atoms with Gasteiger partial charge in [-0.3, -0.25) is 0 Å². The summed E-state index contributed by atoms with van der Waals surface area (Å²) >= 11 is 12.3. The Labute approximate surface area is 116 Å². The number of hydrogen-bond donors (Lipinski definition) is 0. The van der Waals surface area contributed by atoms with Crippen molar-refractivity contribution < 1.29 is 4.74 Å². The summed E-state index contributed by atoms with van der Waals surface area (Å²) in [6.07, 6.45) is 0.806. The number of rotatable bonds is 1. The van der Waals surface area contributed by atoms with E-state index >= 15 is 0 Å². The van der Waals surface area contributed by atoms with Crippen LogP contribution in [0.4, 0.5) is 0 Å². The van der Waals surface area contributed by atoms with Crippen molar-refractivity contribution in [1.82, 2.24) is 0 Å². The van der Waals surface area contributed by atoms with Crippen LogP contribution in [0.3, 0.4) is 0 Å². The van der Waals surface area contributed by atoms with E-state index in [2.05, 4.69) is 13.0 Å². The maximum Gasteiger partial charge on any atom is 0.130 e. The Kier molecular flexibility index (Phi) is 2.96. The van der Waals surface area contributed by atoms with E-state index < -0.39 is 0 Å². The van der Waals surface area contributed by atoms with Gasteiger partial charge in [-0.05, 0) is 30.7 Å². The van der Waals surface area contributed by atoms with Gasteiger partial charge in [-0.15, -0.1) is 0 Å². The molecule has 1 aliphatic rings. The minimum Gasteiger partial charge on any atom is -0.489 e. The molecule has 0 aromatic heterocycles. The monoisotopic (exact) mass is 277 g/mol. The zero-order valence-electron chi connectivity index (χ0n) is 9.62. The summed E-state index contributed by atoms with van der Waals surface area (Å²) in [5.74, 6) is 0.877. The fraction of sp³-hybridized carbons (Fsp3) is 0.133. The Morgan fingerprint density at radius 1 is 1.11 bits per heavy atom. The van der Waals surface area contributed by atoms with E-state index in [1.165, 1.54) is 5.56 Å². The molecule has 1 nitrogen and oxygen atoms in total. The molecule has 3 heteroatoms. The number of benzene rings is 2. The molecule has 1 heterocycles. The number of fused-ring (bicyclic) bond motifs is 1. The Morgan fingerprint density at radius 2 is 1.94 bits per heavy atom. The van der Waals surface area contributed by atoms with Gasteiger partial charge in [0.1, 0.15) is 11.9 Å². The Balaban J connectivity index is 2.19. The molecule has 0 saturated carbocycles. The third kappa shape index (κ3) is 1.98. The van der Waals surface area contributed by atoms with Gasteiger partial charge < -0.3 is 4.74 Å². The largest absolute Gasteiger partial charge is 0.489 e. The highest BCUT2D eigenvalue weighted by Crippen LogP contribution is 2.41. The standard InChI is InChI=1S/C15H11Cl2O/c1-9-7-10-3-2-4-12(15(10)18-9)13-8-11(16)5-6-14(13)17/h2-6,8-9H,1,7H2. The summed E-state index contributed by atoms with van der Waals surface area (Å²) < 4.78 is 5.77. The first-order valence-electron chi connectivity index (χ1n) is 5.72. The number of hydrogen-bond acceptors (Lipinski definition) is 1. The van der Waals surface area contributed by atoms with Crippen molar-refractivity contribution in [1.29, 1.82) is 0 Å². The molecule has 91 valence electrons. The Morgan fingerprint density at radius 3 is 2.78 bits per heavy atom. The number of halogens is 2. The molecular formula is C15H11Cl2O. The van der Waals surface area contributed by atoms with Crippen molar-refractivity contribution in [2.45, 2.75) is 12.5 Å². The van der Waals surface area contributed by atoms with E-state index in [0.29, 0.717) is 10.0 Å². The SMILES string of the molecule is [CH2]C1Cc2cccc(-c3cc(Cl)ccc3Cl)c2O1. The molecule has 1 atom stereocenters. The highest BCUT2D eigenvalue weighted by Gasteiger charge is 2.23. The van der Waals surface area contributed by atoms with Crippen LogP contribution in [0.5, 0.6) is 5.75 Å². The average Bonchev–Trinajstić information content (AvgIpc) is 2.72. The molecule has 0 amide bonds. The predicted molar refractivity (Wildman–Crippen MR) is 75.4 cm³/mol. The molecule has 0 aliphatic carbocycles. The number of para-hydroxylation sites is 1. The number of ether oxygens (including phenoxy) is 1. The van der Waals surface area contributed by atoms with E-state index in [1.807, 2.05) is 18.2 Å². The molecule has 3 rings (SSSR count). The average molecular weight is 278 g/mol. The summed E-state index contributed by atoms with van der Waals surface area (Å²) in [5.41, 5.74) is 3.05. The molecule has 0 bridgehead atoms. The molecule has 2 aromatic carbocycles. The molecule has 18 heavy (non-hydrogen) atoms. The fourth-order valence-corrected chi connectivity index (χ4v) is 2.65. The van der Waals surface area contributed by atoms with Gasteiger partial charge in [-0.1, -0.05) is 41.4 Å². The lowest BCUT2D eigenvalue weighted by Crippen LogP contribution is -2.06. The van der Waals surface area contributed by atoms with Crippen molar-refractivity contribution in [3.05, 3.63) is 58.9 Å². The van der Waals surface area contributed by atoms with Gasteiger partial charge in [0.05, 0.1) is 0 Å². The van der Waals surface area contributed by atoms with Gasteiger partial charge in [0.15, 0.2) is 0 Å². The van der Waals surface area contributed by atoms with Gasteiger partial charge in [0.25, 0.3) is 0 Å². The van der Waals surface area contributed by atoms with Crippen LogP contribution in [0, 0.1) is 6.92 Å². The van der Waals surface area contributed by atoms with E-state index in [0.717, 1.165) is 23.3 Å². The minimum atomic E-state index is -0.0286. The molecule has 0 fully saturated rings. The minimum absolute atomic E-state index is 0.0286. The predicted octanol–water partition coefficient (Wildman–Crippen LogP) is 4.80.